The molecule has 0 aliphatic carbocycles. The third-order valence-corrected chi connectivity index (χ3v) is 6.00. The number of hydrazone groups is 1. The molecule has 0 saturated carbocycles. The summed E-state index contributed by atoms with van der Waals surface area (Å²) in [4.78, 5) is 25.3. The summed E-state index contributed by atoms with van der Waals surface area (Å²) < 4.78 is 0. The number of halogens is 1. The van der Waals surface area contributed by atoms with E-state index in [4.69, 9.17) is 11.6 Å². The average molecular weight is 478 g/mol. The lowest BCUT2D eigenvalue weighted by molar-refractivity contribution is 0.0953. The van der Waals surface area contributed by atoms with E-state index in [1.165, 1.54) is 0 Å². The lowest BCUT2D eigenvalue weighted by atomic mass is 9.97. The van der Waals surface area contributed by atoms with Crippen LogP contribution in [0.5, 0.6) is 0 Å². The summed E-state index contributed by atoms with van der Waals surface area (Å²) in [7, 11) is 0. The van der Waals surface area contributed by atoms with Crippen molar-refractivity contribution in [2.24, 2.45) is 5.10 Å². The molecule has 0 atom stereocenters. The van der Waals surface area contributed by atoms with E-state index >= 15 is 0 Å². The fourth-order valence-corrected chi connectivity index (χ4v) is 4.21. The predicted octanol–water partition coefficient (Wildman–Crippen LogP) is 6.66. The molecule has 0 spiro atoms. The second-order valence-corrected chi connectivity index (χ2v) is 8.35. The van der Waals surface area contributed by atoms with Crippen LogP contribution in [0.25, 0.3) is 21.5 Å². The molecule has 6 heteroatoms. The van der Waals surface area contributed by atoms with Crippen LogP contribution in [0.3, 0.4) is 0 Å². The molecule has 170 valence electrons. The Morgan fingerprint density at radius 1 is 0.714 bits per heavy atom. The molecule has 35 heavy (non-hydrogen) atoms. The molecule has 2 amide bonds. The zero-order valence-corrected chi connectivity index (χ0v) is 19.3. The maximum Gasteiger partial charge on any atom is 0.271 e. The third-order valence-electron chi connectivity index (χ3n) is 5.67. The van der Waals surface area contributed by atoms with Crippen molar-refractivity contribution in [1.29, 1.82) is 0 Å². The van der Waals surface area contributed by atoms with Gasteiger partial charge in [-0.15, -0.1) is 0 Å². The number of nitrogens with one attached hydrogen (secondary N) is 2. The van der Waals surface area contributed by atoms with Gasteiger partial charge in [0.05, 0.1) is 16.8 Å². The van der Waals surface area contributed by atoms with Gasteiger partial charge in [-0.1, -0.05) is 78.3 Å². The number of carbonyl (C=O) groups is 2. The molecular formula is C29H20ClN3O2. The number of rotatable bonds is 5. The van der Waals surface area contributed by atoms with Crippen LogP contribution in [0.15, 0.2) is 108 Å². The van der Waals surface area contributed by atoms with Gasteiger partial charge in [-0.05, 0) is 57.9 Å². The van der Waals surface area contributed by atoms with E-state index in [1.807, 2.05) is 36.4 Å². The second kappa shape index (κ2) is 9.79. The van der Waals surface area contributed by atoms with Crippen molar-refractivity contribution in [3.63, 3.8) is 0 Å². The van der Waals surface area contributed by atoms with Crippen molar-refractivity contribution in [2.45, 2.75) is 0 Å². The summed E-state index contributed by atoms with van der Waals surface area (Å²) in [6, 6.07) is 31.7. The van der Waals surface area contributed by atoms with Crippen LogP contribution in [0.2, 0.25) is 5.02 Å². The van der Waals surface area contributed by atoms with Crippen LogP contribution in [0, 0.1) is 0 Å². The number of benzene rings is 5. The second-order valence-electron chi connectivity index (χ2n) is 7.95. The highest BCUT2D eigenvalue weighted by molar-refractivity contribution is 6.34. The number of hydrogen-bond acceptors (Lipinski definition) is 3. The third kappa shape index (κ3) is 4.76. The van der Waals surface area contributed by atoms with Gasteiger partial charge >= 0.3 is 0 Å². The Morgan fingerprint density at radius 2 is 1.37 bits per heavy atom. The zero-order valence-electron chi connectivity index (χ0n) is 18.5. The molecular weight excluding hydrogens is 458 g/mol. The van der Waals surface area contributed by atoms with Crippen molar-refractivity contribution < 1.29 is 9.59 Å². The minimum Gasteiger partial charge on any atom is -0.322 e. The van der Waals surface area contributed by atoms with Gasteiger partial charge in [-0.2, -0.15) is 5.10 Å². The summed E-state index contributed by atoms with van der Waals surface area (Å²) in [6.45, 7) is 0. The Balaban J connectivity index is 1.36. The van der Waals surface area contributed by atoms with Crippen LogP contribution in [-0.4, -0.2) is 18.0 Å². The number of nitrogens with zero attached hydrogens (tertiary/aromatic N) is 1. The van der Waals surface area contributed by atoms with Gasteiger partial charge in [0.15, 0.2) is 0 Å². The molecule has 0 unspecified atom stereocenters. The average Bonchev–Trinajstić information content (AvgIpc) is 2.88. The first kappa shape index (κ1) is 22.3. The largest absolute Gasteiger partial charge is 0.322 e. The molecule has 0 bridgehead atoms. The van der Waals surface area contributed by atoms with Gasteiger partial charge < -0.3 is 5.32 Å². The molecule has 0 heterocycles. The smallest absolute Gasteiger partial charge is 0.271 e. The Morgan fingerprint density at radius 3 is 2.09 bits per heavy atom. The van der Waals surface area contributed by atoms with Gasteiger partial charge in [0.1, 0.15) is 0 Å². The highest BCUT2D eigenvalue weighted by Crippen LogP contribution is 2.27. The standard InChI is InChI=1S/C29H20ClN3O2/c30-27-15-6-5-14-25(27)29(35)32-22-11-7-10-21(17-22)28(34)33-31-18-26-23-12-3-1-8-19(23)16-20-9-2-4-13-24(20)26/h1-18H,(H,32,35)(H,33,34). The topological polar surface area (TPSA) is 70.6 Å². The van der Waals surface area contributed by atoms with E-state index in [0.717, 1.165) is 27.1 Å². The van der Waals surface area contributed by atoms with Crippen molar-refractivity contribution in [3.8, 4) is 0 Å². The molecule has 5 aromatic carbocycles. The normalized spacial score (nSPS) is 11.1. The molecule has 0 radical (unpaired) electrons. The Kier molecular flexibility index (Phi) is 6.24. The van der Waals surface area contributed by atoms with Gasteiger partial charge in [0.25, 0.3) is 11.8 Å². The number of fused-ring (bicyclic) bond motifs is 2. The Labute approximate surface area is 207 Å². The van der Waals surface area contributed by atoms with E-state index in [0.29, 0.717) is 21.8 Å². The van der Waals surface area contributed by atoms with E-state index < -0.39 is 0 Å². The number of hydrogen-bond donors (Lipinski definition) is 2. The minimum atomic E-state index is -0.389. The maximum atomic E-state index is 12.8. The quantitative estimate of drug-likeness (QED) is 0.169. The molecule has 5 nitrogen and oxygen atoms in total. The van der Waals surface area contributed by atoms with Crippen LogP contribution in [0.4, 0.5) is 5.69 Å². The van der Waals surface area contributed by atoms with E-state index in [9.17, 15) is 9.59 Å². The summed E-state index contributed by atoms with van der Waals surface area (Å²) >= 11 is 6.11. The summed E-state index contributed by atoms with van der Waals surface area (Å²) in [5.41, 5.74) is 4.72. The van der Waals surface area contributed by atoms with E-state index in [-0.39, 0.29) is 11.8 Å². The Hall–Kier alpha value is -4.48. The van der Waals surface area contributed by atoms with Gasteiger partial charge in [0, 0.05) is 16.8 Å². The van der Waals surface area contributed by atoms with Gasteiger partial charge in [0.2, 0.25) is 0 Å². The minimum absolute atomic E-state index is 0.353. The zero-order chi connectivity index (χ0) is 24.2. The van der Waals surface area contributed by atoms with E-state index in [1.54, 1.807) is 54.7 Å². The number of carbonyl (C=O) groups excluding carboxylic acids is 2. The lowest BCUT2D eigenvalue weighted by Gasteiger charge is -2.09. The molecule has 5 aromatic rings. The first-order valence-corrected chi connectivity index (χ1v) is 11.4. The number of amides is 2. The van der Waals surface area contributed by atoms with Crippen LogP contribution in [0.1, 0.15) is 26.3 Å². The van der Waals surface area contributed by atoms with Crippen molar-refractivity contribution in [1.82, 2.24) is 5.43 Å². The van der Waals surface area contributed by atoms with Crippen molar-refractivity contribution in [2.75, 3.05) is 5.32 Å². The molecule has 0 aliphatic heterocycles. The van der Waals surface area contributed by atoms with Crippen LogP contribution < -0.4 is 10.7 Å². The molecule has 0 fully saturated rings. The fraction of sp³-hybridized carbons (Fsp3) is 0. The molecule has 2 N–H and O–H groups in total. The SMILES string of the molecule is O=C(NN=Cc1c2ccccc2cc2ccccc12)c1cccc(NC(=O)c2ccccc2Cl)c1. The molecule has 5 rings (SSSR count). The molecule has 0 aromatic heterocycles. The highest BCUT2D eigenvalue weighted by Gasteiger charge is 2.12. The van der Waals surface area contributed by atoms with Gasteiger partial charge in [-0.3, -0.25) is 9.59 Å². The first-order valence-electron chi connectivity index (χ1n) is 11.0. The first-order chi connectivity index (χ1) is 17.1. The number of anilines is 1. The van der Waals surface area contributed by atoms with Gasteiger partial charge in [-0.25, -0.2) is 5.43 Å². The van der Waals surface area contributed by atoms with Crippen LogP contribution >= 0.6 is 11.6 Å². The van der Waals surface area contributed by atoms with E-state index in [2.05, 4.69) is 34.0 Å². The monoisotopic (exact) mass is 477 g/mol. The summed E-state index contributed by atoms with van der Waals surface area (Å²) in [5, 5.41) is 11.7. The van der Waals surface area contributed by atoms with Crippen LogP contribution in [-0.2, 0) is 0 Å². The fourth-order valence-electron chi connectivity index (χ4n) is 3.99. The predicted molar refractivity (Wildman–Crippen MR) is 142 cm³/mol. The molecule has 0 aliphatic rings. The molecule has 0 saturated heterocycles. The maximum absolute atomic E-state index is 12.8. The van der Waals surface area contributed by atoms with Crippen molar-refractivity contribution in [3.05, 3.63) is 125 Å². The van der Waals surface area contributed by atoms with Crippen molar-refractivity contribution >= 4 is 56.9 Å². The lowest BCUT2D eigenvalue weighted by Crippen LogP contribution is -2.18. The Bertz CT molecular complexity index is 1560. The highest BCUT2D eigenvalue weighted by atomic mass is 35.5. The summed E-state index contributed by atoms with van der Waals surface area (Å²) in [6.07, 6.45) is 1.67. The summed E-state index contributed by atoms with van der Waals surface area (Å²) in [5.74, 6) is -0.742.